The van der Waals surface area contributed by atoms with Crippen LogP contribution >= 0.6 is 11.3 Å². The highest BCUT2D eigenvalue weighted by molar-refractivity contribution is 7.17. The minimum Gasteiger partial charge on any atom is -0.459 e. The molecule has 30 heavy (non-hydrogen) atoms. The summed E-state index contributed by atoms with van der Waals surface area (Å²) in [7, 11) is 2.08. The van der Waals surface area contributed by atoms with E-state index in [4.69, 9.17) is 14.6 Å². The average molecular weight is 431 g/mol. The fourth-order valence-electron chi connectivity index (χ4n) is 4.01. The Morgan fingerprint density at radius 1 is 1.23 bits per heavy atom. The van der Waals surface area contributed by atoms with E-state index in [1.165, 1.54) is 15.6 Å². The molecule has 0 spiro atoms. The minimum absolute atomic E-state index is 0.0451. The van der Waals surface area contributed by atoms with Crippen molar-refractivity contribution in [2.24, 2.45) is 0 Å². The van der Waals surface area contributed by atoms with E-state index in [1.54, 1.807) is 11.3 Å². The third-order valence-electron chi connectivity index (χ3n) is 5.83. The molecule has 162 valence electrons. The van der Waals surface area contributed by atoms with Crippen molar-refractivity contribution < 1.29 is 19.4 Å². The van der Waals surface area contributed by atoms with Crippen LogP contribution in [-0.4, -0.2) is 73.5 Å². The second kappa shape index (κ2) is 9.92. The molecule has 1 saturated heterocycles. The van der Waals surface area contributed by atoms with Gasteiger partial charge in [-0.3, -0.25) is 4.79 Å². The van der Waals surface area contributed by atoms with Gasteiger partial charge in [0, 0.05) is 49.8 Å². The molecule has 0 radical (unpaired) electrons. The number of fused-ring (bicyclic) bond motifs is 1. The fraction of sp³-hybridized carbons (Fsp3) is 0.522. The first-order chi connectivity index (χ1) is 14.7. The molecule has 1 aromatic heterocycles. The highest BCUT2D eigenvalue weighted by atomic mass is 32.1. The quantitative estimate of drug-likeness (QED) is 0.684. The molecule has 2 atom stereocenters. The first-order valence-corrected chi connectivity index (χ1v) is 11.6. The van der Waals surface area contributed by atoms with Crippen molar-refractivity contribution in [3.8, 4) is 0 Å². The van der Waals surface area contributed by atoms with Crippen LogP contribution in [0.5, 0.6) is 0 Å². The van der Waals surface area contributed by atoms with Crippen LogP contribution in [0.25, 0.3) is 10.1 Å². The Bertz CT molecular complexity index is 888. The number of unbranched alkanes of at least 4 members (excludes halogenated alkanes) is 1. The van der Waals surface area contributed by atoms with Gasteiger partial charge in [-0.25, -0.2) is 0 Å². The molecule has 6 nitrogen and oxygen atoms in total. The summed E-state index contributed by atoms with van der Waals surface area (Å²) in [6.45, 7) is 3.84. The summed E-state index contributed by atoms with van der Waals surface area (Å²) in [5, 5.41) is 12.4. The third kappa shape index (κ3) is 4.86. The highest BCUT2D eigenvalue weighted by Crippen LogP contribution is 2.38. The Morgan fingerprint density at radius 2 is 2.03 bits per heavy atom. The number of carbonyl (C=O) groups excluding carboxylic acids is 1. The molecule has 2 aliphatic rings. The molecule has 0 saturated carbocycles. The SMILES string of the molecule is CN1CCN(C(=O)C2=C[C@H](c3csc4ccccc34)C[C@H](OCCCCO)O2)CC1. The topological polar surface area (TPSA) is 62.2 Å². The summed E-state index contributed by atoms with van der Waals surface area (Å²) >= 11 is 1.73. The van der Waals surface area contributed by atoms with Crippen LogP contribution in [0.3, 0.4) is 0 Å². The van der Waals surface area contributed by atoms with Gasteiger partial charge in [-0.15, -0.1) is 11.3 Å². The number of rotatable bonds is 7. The van der Waals surface area contributed by atoms with Gasteiger partial charge in [-0.2, -0.15) is 0 Å². The number of ether oxygens (including phenoxy) is 2. The second-order valence-electron chi connectivity index (χ2n) is 8.00. The van der Waals surface area contributed by atoms with Crippen LogP contribution in [-0.2, 0) is 14.3 Å². The van der Waals surface area contributed by atoms with Crippen molar-refractivity contribution >= 4 is 27.3 Å². The Morgan fingerprint density at radius 3 is 2.83 bits per heavy atom. The summed E-state index contributed by atoms with van der Waals surface area (Å²) in [6.07, 6.45) is 3.69. The Balaban J connectivity index is 1.55. The maximum atomic E-state index is 13.2. The van der Waals surface area contributed by atoms with E-state index in [1.807, 2.05) is 11.0 Å². The van der Waals surface area contributed by atoms with E-state index in [0.717, 1.165) is 19.5 Å². The molecular weight excluding hydrogens is 400 g/mol. The second-order valence-corrected chi connectivity index (χ2v) is 8.92. The first kappa shape index (κ1) is 21.3. The van der Waals surface area contributed by atoms with Gasteiger partial charge in [0.05, 0.1) is 6.61 Å². The van der Waals surface area contributed by atoms with Crippen molar-refractivity contribution in [3.05, 3.63) is 47.0 Å². The zero-order chi connectivity index (χ0) is 20.9. The van der Waals surface area contributed by atoms with Gasteiger partial charge in [-0.1, -0.05) is 18.2 Å². The number of allylic oxidation sites excluding steroid dienone is 1. The van der Waals surface area contributed by atoms with Crippen LogP contribution < -0.4 is 0 Å². The number of hydrogen-bond donors (Lipinski definition) is 1. The number of carbonyl (C=O) groups is 1. The van der Waals surface area contributed by atoms with E-state index in [0.29, 0.717) is 38.3 Å². The van der Waals surface area contributed by atoms with Crippen molar-refractivity contribution in [1.82, 2.24) is 9.80 Å². The molecule has 1 fully saturated rings. The highest BCUT2D eigenvalue weighted by Gasteiger charge is 2.32. The largest absolute Gasteiger partial charge is 0.459 e. The van der Waals surface area contributed by atoms with Gasteiger partial charge in [0.15, 0.2) is 5.76 Å². The molecule has 3 heterocycles. The Hall–Kier alpha value is -1.93. The zero-order valence-electron chi connectivity index (χ0n) is 17.5. The lowest BCUT2D eigenvalue weighted by molar-refractivity contribution is -0.153. The smallest absolute Gasteiger partial charge is 0.288 e. The molecule has 4 rings (SSSR count). The molecule has 7 heteroatoms. The molecule has 2 aliphatic heterocycles. The number of likely N-dealkylation sites (N-methyl/N-ethyl adjacent to an activating group) is 1. The number of nitrogens with zero attached hydrogens (tertiary/aromatic N) is 2. The number of aliphatic hydroxyl groups is 1. The lowest BCUT2D eigenvalue weighted by Gasteiger charge is -2.35. The van der Waals surface area contributed by atoms with Gasteiger partial charge in [-0.05, 0) is 48.4 Å². The molecular formula is C23H30N2O4S. The van der Waals surface area contributed by atoms with Gasteiger partial charge in [0.1, 0.15) is 0 Å². The van der Waals surface area contributed by atoms with Crippen LogP contribution in [0.15, 0.2) is 41.5 Å². The number of amides is 1. The normalized spacial score (nSPS) is 22.7. The van der Waals surface area contributed by atoms with Crippen molar-refractivity contribution in [1.29, 1.82) is 0 Å². The number of benzene rings is 1. The minimum atomic E-state index is -0.455. The summed E-state index contributed by atoms with van der Waals surface area (Å²) in [6, 6.07) is 8.38. The van der Waals surface area contributed by atoms with Crippen molar-refractivity contribution in [2.75, 3.05) is 46.4 Å². The van der Waals surface area contributed by atoms with Crippen LogP contribution in [0.2, 0.25) is 0 Å². The maximum absolute atomic E-state index is 13.2. The number of thiophene rings is 1. The Labute approximate surface area is 181 Å². The van der Waals surface area contributed by atoms with Crippen molar-refractivity contribution in [2.45, 2.75) is 31.5 Å². The van der Waals surface area contributed by atoms with Crippen LogP contribution in [0.4, 0.5) is 0 Å². The summed E-state index contributed by atoms with van der Waals surface area (Å²) in [5.41, 5.74) is 1.23. The fourth-order valence-corrected chi connectivity index (χ4v) is 5.03. The zero-order valence-corrected chi connectivity index (χ0v) is 18.3. The van der Waals surface area contributed by atoms with Gasteiger partial charge in [0.2, 0.25) is 6.29 Å². The number of hydrogen-bond acceptors (Lipinski definition) is 6. The number of aliphatic hydroxyl groups excluding tert-OH is 1. The van der Waals surface area contributed by atoms with Crippen LogP contribution in [0.1, 0.15) is 30.7 Å². The molecule has 1 amide bonds. The summed E-state index contributed by atoms with van der Waals surface area (Å²) in [5.74, 6) is 0.429. The van der Waals surface area contributed by atoms with E-state index in [9.17, 15) is 4.79 Å². The van der Waals surface area contributed by atoms with E-state index in [2.05, 4.69) is 41.6 Å². The molecule has 2 aromatic rings. The van der Waals surface area contributed by atoms with Crippen LogP contribution in [0, 0.1) is 0 Å². The molecule has 1 N–H and O–H groups in total. The molecule has 0 unspecified atom stereocenters. The lowest BCUT2D eigenvalue weighted by Crippen LogP contribution is -2.48. The third-order valence-corrected chi connectivity index (χ3v) is 6.81. The van der Waals surface area contributed by atoms with E-state index < -0.39 is 6.29 Å². The van der Waals surface area contributed by atoms with E-state index in [-0.39, 0.29) is 18.4 Å². The van der Waals surface area contributed by atoms with Gasteiger partial charge >= 0.3 is 0 Å². The van der Waals surface area contributed by atoms with E-state index >= 15 is 0 Å². The first-order valence-electron chi connectivity index (χ1n) is 10.7. The average Bonchev–Trinajstić information content (AvgIpc) is 3.21. The lowest BCUT2D eigenvalue weighted by atomic mass is 9.92. The summed E-state index contributed by atoms with van der Waals surface area (Å²) in [4.78, 5) is 17.3. The molecule has 0 aliphatic carbocycles. The summed E-state index contributed by atoms with van der Waals surface area (Å²) < 4.78 is 13.2. The molecule has 0 bridgehead atoms. The Kier molecular flexibility index (Phi) is 7.04. The molecule has 1 aromatic carbocycles. The van der Waals surface area contributed by atoms with Gasteiger partial charge in [0.25, 0.3) is 5.91 Å². The van der Waals surface area contributed by atoms with Crippen molar-refractivity contribution in [3.63, 3.8) is 0 Å². The van der Waals surface area contributed by atoms with Gasteiger partial charge < -0.3 is 24.4 Å². The predicted molar refractivity (Wildman–Crippen MR) is 118 cm³/mol. The maximum Gasteiger partial charge on any atom is 0.288 e. The predicted octanol–water partition coefficient (Wildman–Crippen LogP) is 3.18. The monoisotopic (exact) mass is 430 g/mol. The number of piperazine rings is 1. The standard InChI is InChI=1S/C23H30N2O4S/c1-24-8-10-25(11-9-24)23(27)20-14-17(15-22(29-20)28-13-5-4-12-26)19-16-30-21-7-3-2-6-18(19)21/h2-3,6-7,14,16-17,22,26H,4-5,8-13,15H2,1H3/t17-,22+/m0/s1.